The zero-order valence-electron chi connectivity index (χ0n) is 16.6. The smallest absolute Gasteiger partial charge is 0.160 e. The summed E-state index contributed by atoms with van der Waals surface area (Å²) >= 11 is 0. The molecule has 0 aromatic heterocycles. The molecule has 4 heteroatoms. The van der Waals surface area contributed by atoms with E-state index in [2.05, 4.69) is 18.6 Å². The number of hydrogen-bond acceptors (Lipinski definition) is 4. The molecule has 4 nitrogen and oxygen atoms in total. The van der Waals surface area contributed by atoms with Crippen molar-refractivity contribution in [3.05, 3.63) is 89.8 Å². The summed E-state index contributed by atoms with van der Waals surface area (Å²) in [5.74, 6) is 2.98. The summed E-state index contributed by atoms with van der Waals surface area (Å²) < 4.78 is 22.1. The lowest BCUT2D eigenvalue weighted by Crippen LogP contribution is -2.07. The molecule has 0 unspecified atom stereocenters. The first kappa shape index (κ1) is 19.6. The minimum absolute atomic E-state index is 0.0644. The van der Waals surface area contributed by atoms with Crippen molar-refractivity contribution >= 4 is 0 Å². The van der Waals surface area contributed by atoms with Crippen LogP contribution in [0.2, 0.25) is 0 Å². The summed E-state index contributed by atoms with van der Waals surface area (Å²) in [7, 11) is 6.65. The van der Waals surface area contributed by atoms with E-state index in [0.29, 0.717) is 11.5 Å². The molecule has 3 aromatic rings. The van der Waals surface area contributed by atoms with Gasteiger partial charge in [-0.15, -0.1) is 0 Å². The molecule has 0 saturated heterocycles. The van der Waals surface area contributed by atoms with E-state index in [-0.39, 0.29) is 5.92 Å². The van der Waals surface area contributed by atoms with Crippen molar-refractivity contribution in [2.45, 2.75) is 5.92 Å². The SMILES string of the molecule is COc1ccc([CH]C(c2ccccc2OC)c2ccccc2OC)cc1OC. The van der Waals surface area contributed by atoms with Crippen molar-refractivity contribution in [1.29, 1.82) is 0 Å². The molecule has 0 bridgehead atoms. The van der Waals surface area contributed by atoms with E-state index >= 15 is 0 Å². The maximum Gasteiger partial charge on any atom is 0.160 e. The zero-order chi connectivity index (χ0) is 19.9. The molecule has 3 aromatic carbocycles. The largest absolute Gasteiger partial charge is 0.496 e. The van der Waals surface area contributed by atoms with Gasteiger partial charge in [0.15, 0.2) is 11.5 Å². The van der Waals surface area contributed by atoms with E-state index in [4.69, 9.17) is 18.9 Å². The Hall–Kier alpha value is -3.14. The fourth-order valence-corrected chi connectivity index (χ4v) is 3.34. The van der Waals surface area contributed by atoms with Crippen molar-refractivity contribution in [3.8, 4) is 23.0 Å². The third kappa shape index (κ3) is 4.06. The van der Waals surface area contributed by atoms with Gasteiger partial charge in [-0.05, 0) is 29.8 Å². The highest BCUT2D eigenvalue weighted by atomic mass is 16.5. The number of methoxy groups -OCH3 is 4. The normalized spacial score (nSPS) is 10.6. The van der Waals surface area contributed by atoms with Gasteiger partial charge in [0.2, 0.25) is 0 Å². The Kier molecular flexibility index (Phi) is 6.43. The molecule has 145 valence electrons. The lowest BCUT2D eigenvalue weighted by molar-refractivity contribution is 0.354. The Balaban J connectivity index is 2.09. The minimum atomic E-state index is -0.0644. The van der Waals surface area contributed by atoms with E-state index in [9.17, 15) is 0 Å². The highest BCUT2D eigenvalue weighted by Gasteiger charge is 2.23. The molecular formula is C24H25O4. The average Bonchev–Trinajstić information content (AvgIpc) is 2.77. The topological polar surface area (TPSA) is 36.9 Å². The number of hydrogen-bond donors (Lipinski definition) is 0. The van der Waals surface area contributed by atoms with Crippen LogP contribution in [0.3, 0.4) is 0 Å². The van der Waals surface area contributed by atoms with Crippen molar-refractivity contribution in [2.75, 3.05) is 28.4 Å². The number of ether oxygens (including phenoxy) is 4. The summed E-state index contributed by atoms with van der Waals surface area (Å²) in [4.78, 5) is 0. The first-order chi connectivity index (χ1) is 13.7. The minimum Gasteiger partial charge on any atom is -0.496 e. The van der Waals surface area contributed by atoms with Crippen molar-refractivity contribution < 1.29 is 18.9 Å². The van der Waals surface area contributed by atoms with E-state index in [1.165, 1.54) is 0 Å². The van der Waals surface area contributed by atoms with Crippen LogP contribution >= 0.6 is 0 Å². The molecule has 0 aliphatic heterocycles. The molecule has 0 atom stereocenters. The van der Waals surface area contributed by atoms with Crippen LogP contribution < -0.4 is 18.9 Å². The molecule has 3 rings (SSSR count). The number of para-hydroxylation sites is 2. The quantitative estimate of drug-likeness (QED) is 0.547. The third-order valence-corrected chi connectivity index (χ3v) is 4.71. The Morgan fingerprint density at radius 3 is 1.57 bits per heavy atom. The van der Waals surface area contributed by atoms with Crippen molar-refractivity contribution in [3.63, 3.8) is 0 Å². The molecule has 0 fully saturated rings. The van der Waals surface area contributed by atoms with Gasteiger partial charge in [0.05, 0.1) is 28.4 Å². The number of rotatable bonds is 8. The Morgan fingerprint density at radius 2 is 1.07 bits per heavy atom. The molecule has 1 radical (unpaired) electrons. The first-order valence-electron chi connectivity index (χ1n) is 9.04. The van der Waals surface area contributed by atoms with Gasteiger partial charge >= 0.3 is 0 Å². The van der Waals surface area contributed by atoms with Crippen LogP contribution in [0.25, 0.3) is 0 Å². The molecule has 0 heterocycles. The molecule has 0 amide bonds. The molecule has 28 heavy (non-hydrogen) atoms. The monoisotopic (exact) mass is 377 g/mol. The lowest BCUT2D eigenvalue weighted by Gasteiger charge is -2.22. The molecule has 0 aliphatic rings. The average molecular weight is 377 g/mol. The van der Waals surface area contributed by atoms with E-state index in [0.717, 1.165) is 28.2 Å². The van der Waals surface area contributed by atoms with Crippen LogP contribution in [0.1, 0.15) is 22.6 Å². The second kappa shape index (κ2) is 9.18. The molecular weight excluding hydrogens is 352 g/mol. The lowest BCUT2D eigenvalue weighted by atomic mass is 9.85. The molecule has 0 aliphatic carbocycles. The van der Waals surface area contributed by atoms with Gasteiger partial charge in [0.25, 0.3) is 0 Å². The fraction of sp³-hybridized carbons (Fsp3) is 0.208. The fourth-order valence-electron chi connectivity index (χ4n) is 3.34. The Morgan fingerprint density at radius 1 is 0.571 bits per heavy atom. The van der Waals surface area contributed by atoms with Gasteiger partial charge in [-0.25, -0.2) is 0 Å². The van der Waals surface area contributed by atoms with Crippen molar-refractivity contribution in [2.24, 2.45) is 0 Å². The summed E-state index contributed by atoms with van der Waals surface area (Å²) in [6.07, 6.45) is 2.18. The van der Waals surface area contributed by atoms with Gasteiger partial charge in [-0.1, -0.05) is 42.5 Å². The van der Waals surface area contributed by atoms with E-state index in [1.807, 2.05) is 54.6 Å². The highest BCUT2D eigenvalue weighted by Crippen LogP contribution is 2.40. The molecule has 0 spiro atoms. The highest BCUT2D eigenvalue weighted by molar-refractivity contribution is 5.53. The number of benzene rings is 3. The zero-order valence-corrected chi connectivity index (χ0v) is 16.6. The molecule has 0 N–H and O–H groups in total. The first-order valence-corrected chi connectivity index (χ1v) is 9.04. The Labute approximate surface area is 166 Å². The maximum atomic E-state index is 5.63. The predicted molar refractivity (Wildman–Crippen MR) is 111 cm³/mol. The summed E-state index contributed by atoms with van der Waals surface area (Å²) in [6, 6.07) is 22.0. The van der Waals surface area contributed by atoms with Crippen molar-refractivity contribution in [1.82, 2.24) is 0 Å². The summed E-state index contributed by atoms with van der Waals surface area (Å²) in [5, 5.41) is 0. The van der Waals surface area contributed by atoms with Crippen LogP contribution in [0.5, 0.6) is 23.0 Å². The van der Waals surface area contributed by atoms with Gasteiger partial charge in [0.1, 0.15) is 11.5 Å². The second-order valence-electron chi connectivity index (χ2n) is 6.24. The Bertz CT molecular complexity index is 872. The van der Waals surface area contributed by atoms with Crippen LogP contribution in [0.15, 0.2) is 66.7 Å². The van der Waals surface area contributed by atoms with Crippen LogP contribution in [-0.4, -0.2) is 28.4 Å². The van der Waals surface area contributed by atoms with Crippen LogP contribution in [0.4, 0.5) is 0 Å². The van der Waals surface area contributed by atoms with Gasteiger partial charge in [0, 0.05) is 23.5 Å². The predicted octanol–water partition coefficient (Wildman–Crippen LogP) is 5.11. The summed E-state index contributed by atoms with van der Waals surface area (Å²) in [6.45, 7) is 0. The third-order valence-electron chi connectivity index (χ3n) is 4.71. The van der Waals surface area contributed by atoms with Crippen LogP contribution in [0, 0.1) is 6.42 Å². The standard InChI is InChI=1S/C24H25O4/c1-25-21-11-7-5-9-18(21)20(19-10-6-8-12-22(19)26-2)15-17-13-14-23(27-3)24(16-17)28-4/h5-16,20H,1-4H3. The molecule has 0 saturated carbocycles. The summed E-state index contributed by atoms with van der Waals surface area (Å²) in [5.41, 5.74) is 3.13. The van der Waals surface area contributed by atoms with Gasteiger partial charge in [-0.3, -0.25) is 0 Å². The van der Waals surface area contributed by atoms with Gasteiger partial charge in [-0.2, -0.15) is 0 Å². The van der Waals surface area contributed by atoms with Crippen LogP contribution in [-0.2, 0) is 0 Å². The second-order valence-corrected chi connectivity index (χ2v) is 6.24. The van der Waals surface area contributed by atoms with E-state index < -0.39 is 0 Å². The van der Waals surface area contributed by atoms with E-state index in [1.54, 1.807) is 28.4 Å². The maximum absolute atomic E-state index is 5.63. The van der Waals surface area contributed by atoms with Gasteiger partial charge < -0.3 is 18.9 Å².